The Hall–Kier alpha value is -3.35. The smallest absolute Gasteiger partial charge is 0.407 e. The average Bonchev–Trinajstić information content (AvgIpc) is 3.45. The first-order valence-electron chi connectivity index (χ1n) is 12.4. The fourth-order valence-corrected chi connectivity index (χ4v) is 5.19. The predicted molar refractivity (Wildman–Crippen MR) is 133 cm³/mol. The van der Waals surface area contributed by atoms with Gasteiger partial charge in [-0.3, -0.25) is 4.79 Å². The molecule has 2 aromatic rings. The van der Waals surface area contributed by atoms with Crippen molar-refractivity contribution in [3.63, 3.8) is 0 Å². The molecule has 2 aliphatic rings. The van der Waals surface area contributed by atoms with E-state index in [1.807, 2.05) is 24.3 Å². The lowest BCUT2D eigenvalue weighted by Crippen LogP contribution is -2.40. The number of nitrogens with one attached hydrogen (secondary N) is 1. The lowest BCUT2D eigenvalue weighted by molar-refractivity contribution is -0.148. The SMILES string of the molecule is CC(C)(CCNC(=O)OCC1c2ccccc2-c2ccccc21)CCC(=O)N1CCC[C@H]1C(=O)O. The average molecular weight is 479 g/mol. The van der Waals surface area contributed by atoms with Crippen molar-refractivity contribution >= 4 is 18.0 Å². The van der Waals surface area contributed by atoms with Crippen molar-refractivity contribution in [3.8, 4) is 11.1 Å². The van der Waals surface area contributed by atoms with Crippen LogP contribution in [0.5, 0.6) is 0 Å². The molecule has 2 aromatic carbocycles. The molecule has 1 heterocycles. The normalized spacial score (nSPS) is 17.1. The number of hydrogen-bond acceptors (Lipinski definition) is 4. The molecule has 0 radical (unpaired) electrons. The molecule has 7 heteroatoms. The van der Waals surface area contributed by atoms with Crippen molar-refractivity contribution in [3.05, 3.63) is 59.7 Å². The van der Waals surface area contributed by atoms with E-state index in [1.54, 1.807) is 0 Å². The van der Waals surface area contributed by atoms with Crippen LogP contribution in [-0.2, 0) is 14.3 Å². The molecular weight excluding hydrogens is 444 g/mol. The maximum absolute atomic E-state index is 12.5. The van der Waals surface area contributed by atoms with Gasteiger partial charge in [0.15, 0.2) is 0 Å². The summed E-state index contributed by atoms with van der Waals surface area (Å²) in [5, 5.41) is 12.1. The van der Waals surface area contributed by atoms with E-state index in [0.29, 0.717) is 38.8 Å². The quantitative estimate of drug-likeness (QED) is 0.540. The van der Waals surface area contributed by atoms with Gasteiger partial charge < -0.3 is 20.1 Å². The van der Waals surface area contributed by atoms with Crippen LogP contribution in [0.3, 0.4) is 0 Å². The molecule has 0 spiro atoms. The monoisotopic (exact) mass is 478 g/mol. The standard InChI is InChI=1S/C28H34N2O5/c1-28(2,14-13-25(31)30-17-7-12-24(30)26(32)33)15-16-29-27(34)35-18-23-21-10-5-3-8-19(21)20-9-4-6-11-22(20)23/h3-6,8-11,23-24H,7,12-18H2,1-2H3,(H,29,34)(H,32,33)/t24-/m0/s1. The number of alkyl carbamates (subject to hydrolysis) is 1. The number of rotatable bonds is 9. The Bertz CT molecular complexity index is 1050. The van der Waals surface area contributed by atoms with E-state index < -0.39 is 18.1 Å². The lowest BCUT2D eigenvalue weighted by atomic mass is 9.84. The van der Waals surface area contributed by atoms with Gasteiger partial charge in [-0.2, -0.15) is 0 Å². The number of carboxylic acid groups (broad SMARTS) is 1. The van der Waals surface area contributed by atoms with E-state index in [1.165, 1.54) is 27.2 Å². The number of nitrogens with zero attached hydrogens (tertiary/aromatic N) is 1. The van der Waals surface area contributed by atoms with Crippen LogP contribution in [0.25, 0.3) is 11.1 Å². The van der Waals surface area contributed by atoms with Crippen molar-refractivity contribution in [1.29, 1.82) is 0 Å². The molecular formula is C28H34N2O5. The number of carbonyl (C=O) groups is 3. The number of amides is 2. The van der Waals surface area contributed by atoms with Gasteiger partial charge in [0, 0.05) is 25.4 Å². The zero-order valence-corrected chi connectivity index (χ0v) is 20.5. The zero-order valence-electron chi connectivity index (χ0n) is 20.5. The van der Waals surface area contributed by atoms with Crippen LogP contribution in [0.1, 0.15) is 63.0 Å². The molecule has 1 atom stereocenters. The third-order valence-corrected chi connectivity index (χ3v) is 7.29. The minimum atomic E-state index is -0.928. The topological polar surface area (TPSA) is 95.9 Å². The summed E-state index contributed by atoms with van der Waals surface area (Å²) in [7, 11) is 0. The number of benzene rings is 2. The van der Waals surface area contributed by atoms with Crippen molar-refractivity contribution in [1.82, 2.24) is 10.2 Å². The van der Waals surface area contributed by atoms with Gasteiger partial charge in [-0.05, 0) is 53.4 Å². The molecule has 1 saturated heterocycles. The fraction of sp³-hybridized carbons (Fsp3) is 0.464. The third kappa shape index (κ3) is 5.66. The molecule has 2 N–H and O–H groups in total. The first-order chi connectivity index (χ1) is 16.8. The summed E-state index contributed by atoms with van der Waals surface area (Å²) in [6.45, 7) is 5.34. The van der Waals surface area contributed by atoms with Crippen molar-refractivity contribution in [2.45, 2.75) is 57.9 Å². The second-order valence-corrected chi connectivity index (χ2v) is 10.2. The minimum absolute atomic E-state index is 0.0239. The molecule has 2 amide bonds. The Kier molecular flexibility index (Phi) is 7.43. The van der Waals surface area contributed by atoms with Gasteiger partial charge >= 0.3 is 12.1 Å². The summed E-state index contributed by atoms with van der Waals surface area (Å²) in [5.41, 5.74) is 4.56. The summed E-state index contributed by atoms with van der Waals surface area (Å²) < 4.78 is 5.59. The highest BCUT2D eigenvalue weighted by atomic mass is 16.5. The molecule has 1 fully saturated rings. The molecule has 0 bridgehead atoms. The van der Waals surface area contributed by atoms with Gasteiger partial charge in [0.05, 0.1) is 0 Å². The van der Waals surface area contributed by atoms with Gasteiger partial charge in [-0.15, -0.1) is 0 Å². The first kappa shape index (κ1) is 24.8. The number of carbonyl (C=O) groups excluding carboxylic acids is 2. The maximum atomic E-state index is 12.5. The van der Waals surface area contributed by atoms with E-state index >= 15 is 0 Å². The molecule has 35 heavy (non-hydrogen) atoms. The van der Waals surface area contributed by atoms with Gasteiger partial charge in [-0.25, -0.2) is 9.59 Å². The Morgan fingerprint density at radius 3 is 2.29 bits per heavy atom. The second-order valence-electron chi connectivity index (χ2n) is 10.2. The van der Waals surface area contributed by atoms with Crippen molar-refractivity contribution in [2.75, 3.05) is 19.7 Å². The second kappa shape index (κ2) is 10.5. The molecule has 7 nitrogen and oxygen atoms in total. The molecule has 0 aromatic heterocycles. The van der Waals surface area contributed by atoms with E-state index in [4.69, 9.17) is 4.74 Å². The van der Waals surface area contributed by atoms with Crippen LogP contribution in [0.4, 0.5) is 4.79 Å². The summed E-state index contributed by atoms with van der Waals surface area (Å²) in [5.74, 6) is -1.01. The fourth-order valence-electron chi connectivity index (χ4n) is 5.19. The van der Waals surface area contributed by atoms with Crippen LogP contribution < -0.4 is 5.32 Å². The minimum Gasteiger partial charge on any atom is -0.480 e. The van der Waals surface area contributed by atoms with Crippen molar-refractivity contribution < 1.29 is 24.2 Å². The molecule has 1 aliphatic carbocycles. The Balaban J connectivity index is 1.22. The molecule has 186 valence electrons. The predicted octanol–water partition coefficient (Wildman–Crippen LogP) is 4.80. The highest BCUT2D eigenvalue weighted by Gasteiger charge is 2.34. The Morgan fingerprint density at radius 1 is 1.03 bits per heavy atom. The van der Waals surface area contributed by atoms with Crippen LogP contribution in [0, 0.1) is 5.41 Å². The number of hydrogen-bond donors (Lipinski definition) is 2. The van der Waals surface area contributed by atoms with Gasteiger partial charge in [-0.1, -0.05) is 62.4 Å². The van der Waals surface area contributed by atoms with Gasteiger partial charge in [0.1, 0.15) is 12.6 Å². The summed E-state index contributed by atoms with van der Waals surface area (Å²) in [4.78, 5) is 37.8. The molecule has 0 saturated carbocycles. The number of carboxylic acids is 1. The number of aliphatic carboxylic acids is 1. The largest absolute Gasteiger partial charge is 0.480 e. The maximum Gasteiger partial charge on any atom is 0.407 e. The summed E-state index contributed by atoms with van der Waals surface area (Å²) in [6.07, 6.45) is 2.43. The van der Waals surface area contributed by atoms with Crippen LogP contribution in [0.15, 0.2) is 48.5 Å². The number of ether oxygens (including phenoxy) is 1. The van der Waals surface area contributed by atoms with Crippen molar-refractivity contribution in [2.24, 2.45) is 5.41 Å². The summed E-state index contributed by atoms with van der Waals surface area (Å²) >= 11 is 0. The van der Waals surface area contributed by atoms with Gasteiger partial charge in [0.25, 0.3) is 0 Å². The molecule has 4 rings (SSSR count). The third-order valence-electron chi connectivity index (χ3n) is 7.29. The number of fused-ring (bicyclic) bond motifs is 3. The Labute approximate surface area is 206 Å². The van der Waals surface area contributed by atoms with E-state index in [-0.39, 0.29) is 23.8 Å². The van der Waals surface area contributed by atoms with Crippen LogP contribution in [0.2, 0.25) is 0 Å². The summed E-state index contributed by atoms with van der Waals surface area (Å²) in [6, 6.07) is 15.8. The van der Waals surface area contributed by atoms with E-state index in [9.17, 15) is 19.5 Å². The Morgan fingerprint density at radius 2 is 1.66 bits per heavy atom. The van der Waals surface area contributed by atoms with Crippen LogP contribution >= 0.6 is 0 Å². The molecule has 0 unspecified atom stereocenters. The van der Waals surface area contributed by atoms with Crippen LogP contribution in [-0.4, -0.2) is 53.7 Å². The van der Waals surface area contributed by atoms with Gasteiger partial charge in [0.2, 0.25) is 5.91 Å². The van der Waals surface area contributed by atoms with E-state index in [2.05, 4.69) is 43.4 Å². The van der Waals surface area contributed by atoms with E-state index in [0.717, 1.165) is 6.42 Å². The molecule has 1 aliphatic heterocycles. The highest BCUT2D eigenvalue weighted by Crippen LogP contribution is 2.44. The zero-order chi connectivity index (χ0) is 25.0. The lowest BCUT2D eigenvalue weighted by Gasteiger charge is -2.27. The highest BCUT2D eigenvalue weighted by molar-refractivity contribution is 5.84. The first-order valence-corrected chi connectivity index (χ1v) is 12.4. The number of likely N-dealkylation sites (tertiary alicyclic amines) is 1.